The summed E-state index contributed by atoms with van der Waals surface area (Å²) in [5.74, 6) is 3.69. The molecule has 0 spiro atoms. The number of fused-ring (bicyclic) bond motifs is 9. The maximum absolute atomic E-state index is 6.36. The van der Waals surface area contributed by atoms with Crippen molar-refractivity contribution in [2.45, 2.75) is 0 Å². The van der Waals surface area contributed by atoms with E-state index >= 15 is 0 Å². The number of aromatic nitrogens is 8. The van der Waals surface area contributed by atoms with Crippen molar-refractivity contribution in [2.75, 3.05) is 0 Å². The molecule has 0 aliphatic rings. The Hall–Kier alpha value is -16.9. The molecule has 0 fully saturated rings. The van der Waals surface area contributed by atoms with Crippen molar-refractivity contribution in [1.82, 2.24) is 39.9 Å². The van der Waals surface area contributed by atoms with Crippen LogP contribution >= 0.6 is 0 Å². The highest BCUT2D eigenvalue weighted by Crippen LogP contribution is 2.45. The summed E-state index contributed by atoms with van der Waals surface area (Å²) in [6.45, 7) is 0. The van der Waals surface area contributed by atoms with Gasteiger partial charge in [0.15, 0.2) is 34.9 Å². The summed E-state index contributed by atoms with van der Waals surface area (Å²) in [6, 6.07) is 156. The standard InChI is InChI=1S/C58H36N4O.C58H38N4/c1-4-14-38(15-5-1)45-21-12-24-49-53(45)50-36-44(34-35-51(50)59-54(49)40-16-6-2-7-17-40)37-26-30-42(31-27-37)57-60-56(41-18-8-3-9-19-41)61-58(62-57)43-32-28-39(29-33-43)46-22-13-23-48-47-20-10-11-25-52(47)63-55(46)48;1-6-17-39(18-7-1)47-35-48(40-19-8-2-9-20-40)37-49(36-47)58-61-56(44-25-14-5-15-26-44)60-57(62-58)45-31-29-41(30-32-45)46-33-34-53-52(38-46)54-50(42-21-10-3-11-22-42)27-16-28-51(54)55(59-53)43-23-12-4-13-24-43/h1-36H;1-38H. The molecule has 584 valence electrons. The molecule has 0 saturated carbocycles. The van der Waals surface area contributed by atoms with Gasteiger partial charge in [-0.05, 0) is 121 Å². The molecule has 0 N–H and O–H groups in total. The van der Waals surface area contributed by atoms with Gasteiger partial charge in [-0.25, -0.2) is 39.9 Å². The van der Waals surface area contributed by atoms with Crippen LogP contribution < -0.4 is 0 Å². The molecule has 0 unspecified atom stereocenters. The van der Waals surface area contributed by atoms with Crippen LogP contribution in [0.15, 0.2) is 453 Å². The van der Waals surface area contributed by atoms with Crippen molar-refractivity contribution in [3.05, 3.63) is 449 Å². The molecule has 0 aliphatic heterocycles. The average Bonchev–Trinajstić information content (AvgIpc) is 1.49. The lowest BCUT2D eigenvalue weighted by Crippen LogP contribution is -2.00. The molecule has 125 heavy (non-hydrogen) atoms. The molecule has 23 aromatic rings. The monoisotopic (exact) mass is 1590 g/mol. The van der Waals surface area contributed by atoms with E-state index in [4.69, 9.17) is 44.3 Å². The van der Waals surface area contributed by atoms with Gasteiger partial charge in [0.2, 0.25) is 0 Å². The Morgan fingerprint density at radius 2 is 0.408 bits per heavy atom. The molecule has 0 amide bonds. The summed E-state index contributed by atoms with van der Waals surface area (Å²) in [6.07, 6.45) is 0. The fourth-order valence-electron chi connectivity index (χ4n) is 17.3. The highest BCUT2D eigenvalue weighted by atomic mass is 16.3. The number of pyridine rings is 2. The van der Waals surface area contributed by atoms with Crippen molar-refractivity contribution in [3.63, 3.8) is 0 Å². The molecule has 0 saturated heterocycles. The molecule has 18 aromatic carbocycles. The lowest BCUT2D eigenvalue weighted by molar-refractivity contribution is 0.670. The van der Waals surface area contributed by atoms with Crippen molar-refractivity contribution in [1.29, 1.82) is 0 Å². The topological polar surface area (TPSA) is 116 Å². The quantitative estimate of drug-likeness (QED) is 0.0925. The van der Waals surface area contributed by atoms with Crippen molar-refractivity contribution in [2.24, 2.45) is 0 Å². The Kier molecular flexibility index (Phi) is 19.5. The van der Waals surface area contributed by atoms with Gasteiger partial charge in [-0.15, -0.1) is 0 Å². The molecule has 0 radical (unpaired) electrons. The third-order valence-electron chi connectivity index (χ3n) is 23.5. The van der Waals surface area contributed by atoms with Crippen LogP contribution in [0.25, 0.3) is 234 Å². The third kappa shape index (κ3) is 14.7. The first kappa shape index (κ1) is 74.4. The first-order valence-electron chi connectivity index (χ1n) is 42.0. The van der Waals surface area contributed by atoms with E-state index in [0.29, 0.717) is 34.9 Å². The van der Waals surface area contributed by atoms with Crippen LogP contribution in [0.4, 0.5) is 0 Å². The molecule has 23 rings (SSSR count). The van der Waals surface area contributed by atoms with Gasteiger partial charge in [0.1, 0.15) is 11.2 Å². The Labute approximate surface area is 722 Å². The maximum Gasteiger partial charge on any atom is 0.164 e. The van der Waals surface area contributed by atoms with Gasteiger partial charge in [0.05, 0.1) is 22.4 Å². The van der Waals surface area contributed by atoms with Gasteiger partial charge >= 0.3 is 0 Å². The highest BCUT2D eigenvalue weighted by Gasteiger charge is 2.23. The summed E-state index contributed by atoms with van der Waals surface area (Å²) >= 11 is 0. The van der Waals surface area contributed by atoms with Gasteiger partial charge in [-0.3, -0.25) is 0 Å². The zero-order chi connectivity index (χ0) is 82.9. The van der Waals surface area contributed by atoms with E-state index in [1.807, 2.05) is 103 Å². The van der Waals surface area contributed by atoms with Gasteiger partial charge in [0.25, 0.3) is 0 Å². The molecule has 0 atom stereocenters. The van der Waals surface area contributed by atoms with Crippen LogP contribution in [0, 0.1) is 0 Å². The number of benzene rings is 18. The second kappa shape index (κ2) is 32.7. The van der Waals surface area contributed by atoms with E-state index in [1.54, 1.807) is 0 Å². The predicted molar refractivity (Wildman–Crippen MR) is 514 cm³/mol. The van der Waals surface area contributed by atoms with E-state index in [9.17, 15) is 0 Å². The number of rotatable bonds is 15. The SMILES string of the molecule is c1ccc(-c2cc(-c3ccccc3)cc(-c3nc(-c4ccccc4)nc(-c4ccc(-c5ccc6nc(-c7ccccc7)c7cccc(-c8ccccc8)c7c6c5)cc4)n3)c2)cc1.c1ccc(-c2nc(-c3ccc(-c4ccc5nc(-c6ccccc6)c6cccc(-c7ccccc7)c6c5c4)cc3)nc(-c3ccc(-c4cccc5c4oc4ccccc45)cc3)n2)cc1. The van der Waals surface area contributed by atoms with Crippen LogP contribution in [-0.2, 0) is 0 Å². The number of hydrogen-bond donors (Lipinski definition) is 0. The lowest BCUT2D eigenvalue weighted by atomic mass is 9.91. The molecule has 0 aliphatic carbocycles. The molecular weight excluding hydrogens is 1520 g/mol. The summed E-state index contributed by atoms with van der Waals surface area (Å²) < 4.78 is 6.36. The van der Waals surface area contributed by atoms with Gasteiger partial charge in [0, 0.05) is 93.2 Å². The normalized spacial score (nSPS) is 11.4. The molecule has 5 aromatic heterocycles. The first-order chi connectivity index (χ1) is 61.9. The smallest absolute Gasteiger partial charge is 0.164 e. The summed E-state index contributed by atoms with van der Waals surface area (Å²) in [5, 5.41) is 9.08. The number of furan rings is 1. The summed E-state index contributed by atoms with van der Waals surface area (Å²) in [5.41, 5.74) is 29.0. The highest BCUT2D eigenvalue weighted by molar-refractivity contribution is 6.19. The Bertz CT molecular complexity index is 7890. The van der Waals surface area contributed by atoms with Crippen LogP contribution in [0.3, 0.4) is 0 Å². The van der Waals surface area contributed by atoms with E-state index < -0.39 is 0 Å². The molecule has 5 heterocycles. The molecular formula is C116H74N8O. The van der Waals surface area contributed by atoms with Gasteiger partial charge in [-0.2, -0.15) is 0 Å². The second-order valence-electron chi connectivity index (χ2n) is 31.2. The fraction of sp³-hybridized carbons (Fsp3) is 0. The van der Waals surface area contributed by atoms with E-state index in [1.165, 1.54) is 33.0 Å². The largest absolute Gasteiger partial charge is 0.455 e. The zero-order valence-corrected chi connectivity index (χ0v) is 67.7. The minimum Gasteiger partial charge on any atom is -0.455 e. The van der Waals surface area contributed by atoms with E-state index in [0.717, 1.165) is 166 Å². The second-order valence-corrected chi connectivity index (χ2v) is 31.2. The molecule has 0 bridgehead atoms. The molecule has 9 heteroatoms. The minimum absolute atomic E-state index is 0.606. The average molecular weight is 1600 g/mol. The number of para-hydroxylation sites is 2. The van der Waals surface area contributed by atoms with Crippen LogP contribution in [0.2, 0.25) is 0 Å². The van der Waals surface area contributed by atoms with Crippen molar-refractivity contribution < 1.29 is 4.42 Å². The number of hydrogen-bond acceptors (Lipinski definition) is 9. The number of nitrogens with zero attached hydrogens (tertiary/aromatic N) is 8. The van der Waals surface area contributed by atoms with E-state index in [-0.39, 0.29) is 0 Å². The van der Waals surface area contributed by atoms with Gasteiger partial charge in [-0.1, -0.05) is 400 Å². The Morgan fingerprint density at radius 1 is 0.144 bits per heavy atom. The predicted octanol–water partition coefficient (Wildman–Crippen LogP) is 30.1. The summed E-state index contributed by atoms with van der Waals surface area (Å²) in [4.78, 5) is 41.1. The lowest BCUT2D eigenvalue weighted by Gasteiger charge is -2.15. The van der Waals surface area contributed by atoms with Crippen LogP contribution in [0.5, 0.6) is 0 Å². The first-order valence-corrected chi connectivity index (χ1v) is 42.0. The van der Waals surface area contributed by atoms with Crippen molar-refractivity contribution >= 4 is 65.3 Å². The maximum atomic E-state index is 6.36. The van der Waals surface area contributed by atoms with E-state index in [2.05, 4.69) is 346 Å². The Balaban J connectivity index is 0.000000148. The molecule has 9 nitrogen and oxygen atoms in total. The van der Waals surface area contributed by atoms with Crippen molar-refractivity contribution in [3.8, 4) is 169 Å². The van der Waals surface area contributed by atoms with Gasteiger partial charge < -0.3 is 4.42 Å². The third-order valence-corrected chi connectivity index (χ3v) is 23.5. The van der Waals surface area contributed by atoms with Crippen LogP contribution in [0.1, 0.15) is 0 Å². The minimum atomic E-state index is 0.606. The summed E-state index contributed by atoms with van der Waals surface area (Å²) in [7, 11) is 0. The zero-order valence-electron chi connectivity index (χ0n) is 67.7. The Morgan fingerprint density at radius 3 is 0.800 bits per heavy atom. The van der Waals surface area contributed by atoms with Crippen LogP contribution in [-0.4, -0.2) is 39.9 Å². The fourth-order valence-corrected chi connectivity index (χ4v) is 17.3.